The van der Waals surface area contributed by atoms with Crippen LogP contribution in [-0.2, 0) is 4.79 Å². The number of hydrogen-bond acceptors (Lipinski definition) is 3. The molecule has 4 heteroatoms. The normalized spacial score (nSPS) is 28.7. The molecule has 0 aromatic carbocycles. The van der Waals surface area contributed by atoms with Crippen molar-refractivity contribution in [3.63, 3.8) is 0 Å². The minimum absolute atomic E-state index is 0.154. The molecule has 1 fully saturated rings. The van der Waals surface area contributed by atoms with Crippen molar-refractivity contribution < 1.29 is 4.79 Å². The van der Waals surface area contributed by atoms with E-state index in [0.717, 1.165) is 32.2 Å². The van der Waals surface area contributed by atoms with Gasteiger partial charge in [-0.2, -0.15) is 0 Å². The maximum Gasteiger partial charge on any atom is 0.223 e. The Labute approximate surface area is 124 Å². The highest BCUT2D eigenvalue weighted by Crippen LogP contribution is 2.28. The van der Waals surface area contributed by atoms with Crippen molar-refractivity contribution in [2.45, 2.75) is 58.5 Å². The third-order valence-electron chi connectivity index (χ3n) is 4.29. The summed E-state index contributed by atoms with van der Waals surface area (Å²) in [6.07, 6.45) is 3.88. The predicted octanol–water partition coefficient (Wildman–Crippen LogP) is 1.84. The fraction of sp³-hybridized carbons (Fsp3) is 0.938. The maximum atomic E-state index is 12.5. The fourth-order valence-electron chi connectivity index (χ4n) is 3.17. The summed E-state index contributed by atoms with van der Waals surface area (Å²) in [6, 6.07) is 0.524. The molecule has 4 unspecified atom stereocenters. The molecule has 0 heterocycles. The van der Waals surface area contributed by atoms with E-state index < -0.39 is 0 Å². The molecule has 118 valence electrons. The minimum atomic E-state index is 0.154. The van der Waals surface area contributed by atoms with Gasteiger partial charge in [0.2, 0.25) is 5.91 Å². The van der Waals surface area contributed by atoms with E-state index in [1.807, 2.05) is 0 Å². The van der Waals surface area contributed by atoms with Crippen molar-refractivity contribution in [2.75, 3.05) is 20.6 Å². The second kappa shape index (κ2) is 7.99. The third kappa shape index (κ3) is 5.80. The van der Waals surface area contributed by atoms with Crippen LogP contribution in [-0.4, -0.2) is 43.5 Å². The van der Waals surface area contributed by atoms with Crippen LogP contribution in [0.2, 0.25) is 0 Å². The molecule has 1 aliphatic rings. The molecule has 4 atom stereocenters. The molecule has 1 saturated carbocycles. The van der Waals surface area contributed by atoms with E-state index in [-0.39, 0.29) is 23.9 Å². The van der Waals surface area contributed by atoms with E-state index in [1.54, 1.807) is 0 Å². The highest BCUT2D eigenvalue weighted by molar-refractivity contribution is 5.79. The molecule has 3 N–H and O–H groups in total. The summed E-state index contributed by atoms with van der Waals surface area (Å²) >= 11 is 0. The monoisotopic (exact) mass is 283 g/mol. The van der Waals surface area contributed by atoms with Gasteiger partial charge in [0, 0.05) is 24.5 Å². The van der Waals surface area contributed by atoms with Crippen LogP contribution in [0.3, 0.4) is 0 Å². The number of nitrogens with one attached hydrogen (secondary N) is 1. The number of amides is 1. The van der Waals surface area contributed by atoms with Crippen molar-refractivity contribution in [1.29, 1.82) is 0 Å². The smallest absolute Gasteiger partial charge is 0.223 e. The zero-order valence-corrected chi connectivity index (χ0v) is 13.9. The first-order valence-corrected chi connectivity index (χ1v) is 8.00. The largest absolute Gasteiger partial charge is 0.352 e. The van der Waals surface area contributed by atoms with Crippen LogP contribution < -0.4 is 11.1 Å². The summed E-state index contributed by atoms with van der Waals surface area (Å²) in [6.45, 7) is 7.48. The molecule has 1 aliphatic carbocycles. The summed E-state index contributed by atoms with van der Waals surface area (Å²) in [7, 11) is 4.11. The zero-order chi connectivity index (χ0) is 15.3. The van der Waals surface area contributed by atoms with Gasteiger partial charge in [0.15, 0.2) is 0 Å². The number of nitrogens with two attached hydrogens (primary N) is 1. The van der Waals surface area contributed by atoms with Gasteiger partial charge in [-0.25, -0.2) is 0 Å². The molecule has 0 aliphatic heterocycles. The summed E-state index contributed by atoms with van der Waals surface area (Å²) < 4.78 is 0. The number of carbonyl (C=O) groups is 1. The Kier molecular flexibility index (Phi) is 6.96. The Bertz CT molecular complexity index is 294. The number of rotatable bonds is 6. The van der Waals surface area contributed by atoms with E-state index in [0.29, 0.717) is 11.8 Å². The first-order valence-electron chi connectivity index (χ1n) is 8.00. The van der Waals surface area contributed by atoms with E-state index in [2.05, 4.69) is 45.1 Å². The van der Waals surface area contributed by atoms with Crippen LogP contribution in [0.15, 0.2) is 0 Å². The van der Waals surface area contributed by atoms with Crippen LogP contribution in [0, 0.1) is 17.8 Å². The van der Waals surface area contributed by atoms with Gasteiger partial charge < -0.3 is 16.0 Å². The second-order valence-electron chi connectivity index (χ2n) is 7.25. The fourth-order valence-corrected chi connectivity index (χ4v) is 3.17. The van der Waals surface area contributed by atoms with E-state index in [4.69, 9.17) is 5.73 Å². The lowest BCUT2D eigenvalue weighted by atomic mass is 9.79. The summed E-state index contributed by atoms with van der Waals surface area (Å²) in [5.41, 5.74) is 6.04. The van der Waals surface area contributed by atoms with Gasteiger partial charge in [-0.05, 0) is 51.6 Å². The molecule has 0 spiro atoms. The van der Waals surface area contributed by atoms with Gasteiger partial charge in [0.25, 0.3) is 0 Å². The van der Waals surface area contributed by atoms with Crippen LogP contribution in [0.4, 0.5) is 0 Å². The minimum Gasteiger partial charge on any atom is -0.352 e. The van der Waals surface area contributed by atoms with Crippen LogP contribution in [0.5, 0.6) is 0 Å². The number of hydrogen-bond donors (Lipinski definition) is 2. The van der Waals surface area contributed by atoms with Crippen LogP contribution in [0.1, 0.15) is 46.5 Å². The number of nitrogens with zero attached hydrogens (tertiary/aromatic N) is 1. The SMILES string of the molecule is CC(C)CC(CN(C)C)NC(=O)C1CCC(N)C(C)C1. The van der Waals surface area contributed by atoms with E-state index in [9.17, 15) is 4.79 Å². The van der Waals surface area contributed by atoms with Crippen molar-refractivity contribution >= 4 is 5.91 Å². The predicted molar refractivity (Wildman–Crippen MR) is 84.4 cm³/mol. The third-order valence-corrected chi connectivity index (χ3v) is 4.29. The van der Waals surface area contributed by atoms with Crippen molar-refractivity contribution in [2.24, 2.45) is 23.5 Å². The lowest BCUT2D eigenvalue weighted by molar-refractivity contribution is -0.127. The Hall–Kier alpha value is -0.610. The maximum absolute atomic E-state index is 12.5. The molecule has 0 aromatic rings. The Morgan fingerprint density at radius 3 is 2.50 bits per heavy atom. The summed E-state index contributed by atoms with van der Waals surface area (Å²) in [5.74, 6) is 1.44. The Morgan fingerprint density at radius 2 is 2.00 bits per heavy atom. The van der Waals surface area contributed by atoms with Gasteiger partial charge >= 0.3 is 0 Å². The van der Waals surface area contributed by atoms with Gasteiger partial charge in [-0.1, -0.05) is 20.8 Å². The van der Waals surface area contributed by atoms with Crippen molar-refractivity contribution in [3.8, 4) is 0 Å². The quantitative estimate of drug-likeness (QED) is 0.782. The highest BCUT2D eigenvalue weighted by atomic mass is 16.1. The molecule has 1 amide bonds. The summed E-state index contributed by atoms with van der Waals surface area (Å²) in [4.78, 5) is 14.6. The first-order chi connectivity index (χ1) is 9.29. The topological polar surface area (TPSA) is 58.4 Å². The second-order valence-corrected chi connectivity index (χ2v) is 7.25. The van der Waals surface area contributed by atoms with Crippen molar-refractivity contribution in [3.05, 3.63) is 0 Å². The lowest BCUT2D eigenvalue weighted by Gasteiger charge is -2.32. The molecular weight excluding hydrogens is 250 g/mol. The molecule has 1 rings (SSSR count). The first kappa shape index (κ1) is 17.4. The van der Waals surface area contributed by atoms with Crippen LogP contribution >= 0.6 is 0 Å². The highest BCUT2D eigenvalue weighted by Gasteiger charge is 2.30. The van der Waals surface area contributed by atoms with Gasteiger partial charge in [0.1, 0.15) is 0 Å². The molecule has 0 bridgehead atoms. The molecule has 0 radical (unpaired) electrons. The molecule has 4 nitrogen and oxygen atoms in total. The molecular formula is C16H33N3O. The van der Waals surface area contributed by atoms with Crippen LogP contribution in [0.25, 0.3) is 0 Å². The van der Waals surface area contributed by atoms with E-state index >= 15 is 0 Å². The van der Waals surface area contributed by atoms with E-state index in [1.165, 1.54) is 0 Å². The molecule has 20 heavy (non-hydrogen) atoms. The Balaban J connectivity index is 2.52. The average molecular weight is 283 g/mol. The zero-order valence-electron chi connectivity index (χ0n) is 13.9. The standard InChI is InChI=1S/C16H33N3O/c1-11(2)8-14(10-19(4)5)18-16(20)13-6-7-15(17)12(3)9-13/h11-15H,6-10,17H2,1-5H3,(H,18,20). The van der Waals surface area contributed by atoms with Gasteiger partial charge in [0.05, 0.1) is 0 Å². The lowest BCUT2D eigenvalue weighted by Crippen LogP contribution is -2.47. The van der Waals surface area contributed by atoms with Crippen molar-refractivity contribution in [1.82, 2.24) is 10.2 Å². The molecule has 0 saturated heterocycles. The molecule has 0 aromatic heterocycles. The Morgan fingerprint density at radius 1 is 1.35 bits per heavy atom. The van der Waals surface area contributed by atoms with Gasteiger partial charge in [-0.15, -0.1) is 0 Å². The number of likely N-dealkylation sites (N-methyl/N-ethyl adjacent to an activating group) is 1. The summed E-state index contributed by atoms with van der Waals surface area (Å²) in [5, 5.41) is 3.26. The number of carbonyl (C=O) groups excluding carboxylic acids is 1. The average Bonchev–Trinajstić information content (AvgIpc) is 2.30. The van der Waals surface area contributed by atoms with Gasteiger partial charge in [-0.3, -0.25) is 4.79 Å².